The van der Waals surface area contributed by atoms with Crippen LogP contribution in [-0.4, -0.2) is 41.2 Å². The number of aromatic nitrogens is 2. The van der Waals surface area contributed by atoms with Crippen LogP contribution in [0.1, 0.15) is 25.5 Å². The Balaban J connectivity index is 2.10. The van der Waals surface area contributed by atoms with Crippen LogP contribution in [0, 0.1) is 0 Å². The third-order valence-electron chi connectivity index (χ3n) is 3.12. The number of methoxy groups -OCH3 is 1. The lowest BCUT2D eigenvalue weighted by Gasteiger charge is -2.25. The highest BCUT2D eigenvalue weighted by Gasteiger charge is 2.32. The molecule has 6 heteroatoms. The Labute approximate surface area is 112 Å². The summed E-state index contributed by atoms with van der Waals surface area (Å²) in [6, 6.07) is 0.547. The molecule has 0 saturated heterocycles. The molecule has 2 N–H and O–H groups in total. The van der Waals surface area contributed by atoms with Crippen molar-refractivity contribution in [3.05, 3.63) is 16.9 Å². The molecule has 1 aliphatic rings. The molecule has 1 heterocycles. The number of aliphatic hydroxyl groups is 1. The molecule has 1 atom stereocenters. The topological polar surface area (TPSA) is 59.3 Å². The molecule has 5 nitrogen and oxygen atoms in total. The lowest BCUT2D eigenvalue weighted by Crippen LogP contribution is -2.38. The Kier molecular flexibility index (Phi) is 4.27. The van der Waals surface area contributed by atoms with Gasteiger partial charge in [0.05, 0.1) is 30.1 Å². The summed E-state index contributed by atoms with van der Waals surface area (Å²) >= 11 is 6.13. The molecule has 0 amide bonds. The fourth-order valence-electron chi connectivity index (χ4n) is 1.96. The van der Waals surface area contributed by atoms with Crippen LogP contribution in [0.15, 0.2) is 6.20 Å². The molecular weight excluding hydrogens is 254 g/mol. The number of rotatable bonds is 7. The molecule has 0 bridgehead atoms. The van der Waals surface area contributed by atoms with Gasteiger partial charge in [-0.2, -0.15) is 5.10 Å². The van der Waals surface area contributed by atoms with E-state index in [1.807, 2.05) is 0 Å². The SMILES string of the molecule is COCCn1ncc(Cl)c1C(C)(O)CNC1CC1. The predicted octanol–water partition coefficient (Wildman–Crippen LogP) is 1.14. The number of nitrogens with zero attached hydrogens (tertiary/aromatic N) is 2. The van der Waals surface area contributed by atoms with Gasteiger partial charge in [-0.05, 0) is 19.8 Å². The molecule has 2 rings (SSSR count). The van der Waals surface area contributed by atoms with E-state index in [-0.39, 0.29) is 0 Å². The first-order valence-corrected chi connectivity index (χ1v) is 6.59. The molecule has 0 radical (unpaired) electrons. The predicted molar refractivity (Wildman–Crippen MR) is 69.7 cm³/mol. The van der Waals surface area contributed by atoms with Crippen LogP contribution in [0.4, 0.5) is 0 Å². The monoisotopic (exact) mass is 273 g/mol. The fourth-order valence-corrected chi connectivity index (χ4v) is 2.30. The molecule has 18 heavy (non-hydrogen) atoms. The quantitative estimate of drug-likeness (QED) is 0.782. The Bertz CT molecular complexity index is 402. The fraction of sp³-hybridized carbons (Fsp3) is 0.750. The Hall–Kier alpha value is -0.620. The standard InChI is InChI=1S/C12H20ClN3O2/c1-12(17,8-14-9-3-4-9)11-10(13)7-15-16(11)5-6-18-2/h7,9,14,17H,3-6,8H2,1-2H3. The van der Waals surface area contributed by atoms with E-state index in [4.69, 9.17) is 16.3 Å². The van der Waals surface area contributed by atoms with E-state index in [1.165, 1.54) is 12.8 Å². The van der Waals surface area contributed by atoms with Gasteiger partial charge in [-0.25, -0.2) is 0 Å². The van der Waals surface area contributed by atoms with Crippen LogP contribution in [0.25, 0.3) is 0 Å². The van der Waals surface area contributed by atoms with Gasteiger partial charge >= 0.3 is 0 Å². The zero-order valence-corrected chi connectivity index (χ0v) is 11.6. The zero-order chi connectivity index (χ0) is 13.2. The van der Waals surface area contributed by atoms with Crippen molar-refractivity contribution in [3.8, 4) is 0 Å². The van der Waals surface area contributed by atoms with E-state index >= 15 is 0 Å². The third-order valence-corrected chi connectivity index (χ3v) is 3.40. The summed E-state index contributed by atoms with van der Waals surface area (Å²) in [7, 11) is 1.64. The molecule has 1 aromatic rings. The smallest absolute Gasteiger partial charge is 0.117 e. The van der Waals surface area contributed by atoms with E-state index in [1.54, 1.807) is 24.9 Å². The van der Waals surface area contributed by atoms with Crippen molar-refractivity contribution in [2.24, 2.45) is 0 Å². The molecule has 102 valence electrons. The minimum Gasteiger partial charge on any atom is -0.383 e. The summed E-state index contributed by atoms with van der Waals surface area (Å²) in [5.41, 5.74) is -0.376. The van der Waals surface area contributed by atoms with E-state index in [0.29, 0.717) is 36.5 Å². The van der Waals surface area contributed by atoms with E-state index < -0.39 is 5.60 Å². The van der Waals surface area contributed by atoms with Crippen molar-refractivity contribution in [2.45, 2.75) is 38.0 Å². The Morgan fingerprint density at radius 2 is 2.39 bits per heavy atom. The van der Waals surface area contributed by atoms with Gasteiger partial charge in [0.25, 0.3) is 0 Å². The molecule has 0 aliphatic heterocycles. The minimum atomic E-state index is -1.02. The van der Waals surface area contributed by atoms with Crippen LogP contribution in [0.2, 0.25) is 5.02 Å². The number of halogens is 1. The van der Waals surface area contributed by atoms with Gasteiger partial charge in [-0.3, -0.25) is 4.68 Å². The van der Waals surface area contributed by atoms with Crippen molar-refractivity contribution in [1.82, 2.24) is 15.1 Å². The van der Waals surface area contributed by atoms with Gasteiger partial charge in [-0.15, -0.1) is 0 Å². The van der Waals surface area contributed by atoms with Crippen molar-refractivity contribution >= 4 is 11.6 Å². The van der Waals surface area contributed by atoms with Gasteiger partial charge in [0.2, 0.25) is 0 Å². The molecule has 1 saturated carbocycles. The summed E-state index contributed by atoms with van der Waals surface area (Å²) in [6.07, 6.45) is 3.94. The van der Waals surface area contributed by atoms with Crippen molar-refractivity contribution < 1.29 is 9.84 Å². The molecule has 0 spiro atoms. The van der Waals surface area contributed by atoms with Crippen molar-refractivity contribution in [3.63, 3.8) is 0 Å². The van der Waals surface area contributed by atoms with Crippen LogP contribution >= 0.6 is 11.6 Å². The second-order valence-corrected chi connectivity index (χ2v) is 5.39. The first-order valence-electron chi connectivity index (χ1n) is 6.21. The van der Waals surface area contributed by atoms with Gasteiger partial charge in [0.15, 0.2) is 0 Å². The second-order valence-electron chi connectivity index (χ2n) is 4.99. The number of nitrogens with one attached hydrogen (secondary N) is 1. The summed E-state index contributed by atoms with van der Waals surface area (Å²) in [5, 5.41) is 18.6. The first-order chi connectivity index (χ1) is 8.54. The lowest BCUT2D eigenvalue weighted by atomic mass is 10.0. The molecule has 0 aromatic carbocycles. The maximum atomic E-state index is 10.6. The van der Waals surface area contributed by atoms with Crippen molar-refractivity contribution in [2.75, 3.05) is 20.3 Å². The summed E-state index contributed by atoms with van der Waals surface area (Å²) in [4.78, 5) is 0. The first kappa shape index (κ1) is 13.8. The van der Waals surface area contributed by atoms with Gasteiger partial charge in [0, 0.05) is 19.7 Å². The Morgan fingerprint density at radius 1 is 1.67 bits per heavy atom. The minimum absolute atomic E-state index is 0.482. The van der Waals surface area contributed by atoms with E-state index in [0.717, 1.165) is 0 Å². The van der Waals surface area contributed by atoms with Crippen LogP contribution in [0.3, 0.4) is 0 Å². The Morgan fingerprint density at radius 3 is 3.00 bits per heavy atom. The third kappa shape index (κ3) is 3.23. The number of hydrogen-bond donors (Lipinski definition) is 2. The average molecular weight is 274 g/mol. The highest BCUT2D eigenvalue weighted by molar-refractivity contribution is 6.31. The molecule has 1 aliphatic carbocycles. The molecule has 1 fully saturated rings. The van der Waals surface area contributed by atoms with Gasteiger partial charge in [-0.1, -0.05) is 11.6 Å². The van der Waals surface area contributed by atoms with Crippen LogP contribution < -0.4 is 5.32 Å². The highest BCUT2D eigenvalue weighted by Crippen LogP contribution is 2.29. The molecule has 1 aromatic heterocycles. The van der Waals surface area contributed by atoms with Gasteiger partial charge in [0.1, 0.15) is 5.60 Å². The summed E-state index contributed by atoms with van der Waals surface area (Å²) < 4.78 is 6.74. The van der Waals surface area contributed by atoms with Crippen molar-refractivity contribution in [1.29, 1.82) is 0 Å². The van der Waals surface area contributed by atoms with E-state index in [9.17, 15) is 5.11 Å². The maximum absolute atomic E-state index is 10.6. The largest absolute Gasteiger partial charge is 0.383 e. The second kappa shape index (κ2) is 5.57. The summed E-state index contributed by atoms with van der Waals surface area (Å²) in [5.74, 6) is 0. The molecular formula is C12H20ClN3O2. The van der Waals surface area contributed by atoms with E-state index in [2.05, 4.69) is 10.4 Å². The number of hydrogen-bond acceptors (Lipinski definition) is 4. The summed E-state index contributed by atoms with van der Waals surface area (Å²) in [6.45, 7) is 3.36. The highest BCUT2D eigenvalue weighted by atomic mass is 35.5. The molecule has 1 unspecified atom stereocenters. The zero-order valence-electron chi connectivity index (χ0n) is 10.8. The lowest BCUT2D eigenvalue weighted by molar-refractivity contribution is 0.0454. The maximum Gasteiger partial charge on any atom is 0.117 e. The number of ether oxygens (including phenoxy) is 1. The van der Waals surface area contributed by atoms with Gasteiger partial charge < -0.3 is 15.2 Å². The normalized spacial score (nSPS) is 18.9. The average Bonchev–Trinajstić information content (AvgIpc) is 3.07. The van der Waals surface area contributed by atoms with Crippen LogP contribution in [-0.2, 0) is 16.9 Å². The van der Waals surface area contributed by atoms with Crippen LogP contribution in [0.5, 0.6) is 0 Å².